The molecule has 1 fully saturated rings. The van der Waals surface area contributed by atoms with Crippen molar-refractivity contribution in [2.45, 2.75) is 236 Å². The summed E-state index contributed by atoms with van der Waals surface area (Å²) in [6.07, 6.45) is 33.6. The average molecular weight is 754 g/mol. The Morgan fingerprint density at radius 2 is 1.08 bits per heavy atom. The largest absolute Gasteiger partial charge is 0.394 e. The van der Waals surface area contributed by atoms with Gasteiger partial charge in [0.25, 0.3) is 0 Å². The van der Waals surface area contributed by atoms with E-state index in [1.54, 1.807) is 6.08 Å². The molecule has 1 aliphatic heterocycles. The summed E-state index contributed by atoms with van der Waals surface area (Å²) >= 11 is 0. The highest BCUT2D eigenvalue weighted by Gasteiger charge is 2.44. The first-order valence-electron chi connectivity index (χ1n) is 22.1. The second kappa shape index (κ2) is 35.1. The van der Waals surface area contributed by atoms with Gasteiger partial charge in [0.05, 0.1) is 25.4 Å². The molecule has 7 unspecified atom stereocenters. The van der Waals surface area contributed by atoms with Crippen molar-refractivity contribution < 1.29 is 39.8 Å². The number of unbranched alkanes of at least 4 members (excludes halogenated alkanes) is 24. The fourth-order valence-electron chi connectivity index (χ4n) is 6.94. The number of allylic oxidation sites excluding steroid dienone is 3. The van der Waals surface area contributed by atoms with Crippen LogP contribution in [0.3, 0.4) is 0 Å². The third kappa shape index (κ3) is 26.2. The molecular weight excluding hydrogens is 670 g/mol. The van der Waals surface area contributed by atoms with Crippen LogP contribution in [0.25, 0.3) is 0 Å². The molecule has 0 aliphatic carbocycles. The molecule has 0 aromatic heterocycles. The van der Waals surface area contributed by atoms with E-state index in [1.165, 1.54) is 135 Å². The highest BCUT2D eigenvalue weighted by atomic mass is 16.7. The van der Waals surface area contributed by atoms with E-state index in [1.807, 2.05) is 6.08 Å². The quantitative estimate of drug-likeness (QED) is 0.0275. The number of carbonyl (C=O) groups is 1. The number of aliphatic hydroxyl groups excluding tert-OH is 5. The number of aliphatic hydroxyl groups is 5. The first-order chi connectivity index (χ1) is 25.8. The van der Waals surface area contributed by atoms with Gasteiger partial charge in [-0.2, -0.15) is 0 Å². The van der Waals surface area contributed by atoms with Gasteiger partial charge < -0.3 is 40.3 Å². The number of hydrogen-bond donors (Lipinski definition) is 6. The molecule has 9 nitrogen and oxygen atoms in total. The van der Waals surface area contributed by atoms with Crippen LogP contribution < -0.4 is 5.32 Å². The van der Waals surface area contributed by atoms with Crippen LogP contribution in [0.15, 0.2) is 24.3 Å². The minimum absolute atomic E-state index is 0.187. The molecule has 1 saturated heterocycles. The number of amides is 1. The summed E-state index contributed by atoms with van der Waals surface area (Å²) in [6.45, 7) is 3.75. The first-order valence-corrected chi connectivity index (χ1v) is 22.1. The van der Waals surface area contributed by atoms with Crippen LogP contribution >= 0.6 is 0 Å². The lowest BCUT2D eigenvalue weighted by molar-refractivity contribution is -0.302. The van der Waals surface area contributed by atoms with E-state index in [4.69, 9.17) is 9.47 Å². The van der Waals surface area contributed by atoms with E-state index in [9.17, 15) is 30.3 Å². The first kappa shape index (κ1) is 49.7. The van der Waals surface area contributed by atoms with Gasteiger partial charge in [-0.05, 0) is 32.1 Å². The molecule has 0 bridgehead atoms. The van der Waals surface area contributed by atoms with Gasteiger partial charge in [0, 0.05) is 6.42 Å². The summed E-state index contributed by atoms with van der Waals surface area (Å²) in [5, 5.41) is 54.0. The number of carbonyl (C=O) groups excluding carboxylic acids is 1. The monoisotopic (exact) mass is 754 g/mol. The molecule has 7 atom stereocenters. The zero-order valence-corrected chi connectivity index (χ0v) is 34.0. The van der Waals surface area contributed by atoms with Crippen LogP contribution in [-0.2, 0) is 14.3 Å². The summed E-state index contributed by atoms with van der Waals surface area (Å²) in [5.41, 5.74) is 0. The Bertz CT molecular complexity index is 883. The normalized spacial score (nSPS) is 21.8. The zero-order valence-electron chi connectivity index (χ0n) is 34.0. The Labute approximate surface area is 324 Å². The van der Waals surface area contributed by atoms with E-state index in [-0.39, 0.29) is 12.5 Å². The highest BCUT2D eigenvalue weighted by molar-refractivity contribution is 5.76. The third-order valence-electron chi connectivity index (χ3n) is 10.5. The Hall–Kier alpha value is -1.33. The standard InChI is InChI=1S/C44H83NO8/c1-3-5-7-9-11-13-15-17-18-19-20-21-22-23-25-27-29-31-33-38(47)37(36-52-44-43(51)42(50)41(49)39(35-46)53-44)45-40(48)34-32-30-28-26-24-16-14-12-10-8-6-4-2/h23,25,31,33,37-39,41-44,46-47,49-51H,3-22,24,26-30,32,34-36H2,1-2H3,(H,45,48)/b25-23+,33-31+. The average Bonchev–Trinajstić information content (AvgIpc) is 3.16. The molecule has 1 heterocycles. The Morgan fingerprint density at radius 3 is 1.58 bits per heavy atom. The lowest BCUT2D eigenvalue weighted by Crippen LogP contribution is -2.60. The smallest absolute Gasteiger partial charge is 0.220 e. The van der Waals surface area contributed by atoms with Gasteiger partial charge in [0.1, 0.15) is 24.4 Å². The topological polar surface area (TPSA) is 149 Å². The Morgan fingerprint density at radius 1 is 0.623 bits per heavy atom. The van der Waals surface area contributed by atoms with Crippen LogP contribution in [0.2, 0.25) is 0 Å². The number of nitrogens with one attached hydrogen (secondary N) is 1. The summed E-state index contributed by atoms with van der Waals surface area (Å²) in [7, 11) is 0. The molecule has 6 N–H and O–H groups in total. The van der Waals surface area contributed by atoms with Crippen LogP contribution in [-0.4, -0.2) is 87.5 Å². The van der Waals surface area contributed by atoms with Gasteiger partial charge in [-0.1, -0.05) is 179 Å². The van der Waals surface area contributed by atoms with Crippen LogP contribution in [0.1, 0.15) is 194 Å². The van der Waals surface area contributed by atoms with E-state index in [2.05, 4.69) is 31.3 Å². The highest BCUT2D eigenvalue weighted by Crippen LogP contribution is 2.22. The number of hydrogen-bond acceptors (Lipinski definition) is 8. The molecule has 0 spiro atoms. The molecular formula is C44H83NO8. The van der Waals surface area contributed by atoms with E-state index >= 15 is 0 Å². The lowest BCUT2D eigenvalue weighted by Gasteiger charge is -2.40. The molecule has 1 amide bonds. The van der Waals surface area contributed by atoms with Gasteiger partial charge in [-0.25, -0.2) is 0 Å². The molecule has 312 valence electrons. The van der Waals surface area contributed by atoms with Crippen molar-refractivity contribution >= 4 is 5.91 Å². The van der Waals surface area contributed by atoms with Crippen molar-refractivity contribution in [1.29, 1.82) is 0 Å². The van der Waals surface area contributed by atoms with E-state index < -0.39 is 49.5 Å². The second-order valence-corrected chi connectivity index (χ2v) is 15.5. The molecule has 1 aliphatic rings. The number of ether oxygens (including phenoxy) is 2. The molecule has 0 aromatic carbocycles. The third-order valence-corrected chi connectivity index (χ3v) is 10.5. The Balaban J connectivity index is 2.40. The molecule has 0 aromatic rings. The van der Waals surface area contributed by atoms with Gasteiger partial charge in [-0.3, -0.25) is 4.79 Å². The minimum Gasteiger partial charge on any atom is -0.394 e. The molecule has 0 radical (unpaired) electrons. The predicted octanol–water partition coefficient (Wildman–Crippen LogP) is 8.72. The Kier molecular flexibility index (Phi) is 32.9. The molecule has 1 rings (SSSR count). The van der Waals surface area contributed by atoms with Gasteiger partial charge in [-0.15, -0.1) is 0 Å². The summed E-state index contributed by atoms with van der Waals surface area (Å²) < 4.78 is 11.2. The number of rotatable bonds is 36. The van der Waals surface area contributed by atoms with Crippen molar-refractivity contribution in [3.63, 3.8) is 0 Å². The fourth-order valence-corrected chi connectivity index (χ4v) is 6.94. The van der Waals surface area contributed by atoms with E-state index in [0.717, 1.165) is 38.5 Å². The van der Waals surface area contributed by atoms with Crippen LogP contribution in [0.5, 0.6) is 0 Å². The lowest BCUT2D eigenvalue weighted by atomic mass is 9.99. The summed E-state index contributed by atoms with van der Waals surface area (Å²) in [6, 6.07) is -0.815. The minimum atomic E-state index is -1.57. The van der Waals surface area contributed by atoms with Crippen molar-refractivity contribution in [2.75, 3.05) is 13.2 Å². The van der Waals surface area contributed by atoms with Gasteiger partial charge in [0.15, 0.2) is 6.29 Å². The maximum Gasteiger partial charge on any atom is 0.220 e. The molecule has 53 heavy (non-hydrogen) atoms. The van der Waals surface area contributed by atoms with Gasteiger partial charge >= 0.3 is 0 Å². The summed E-state index contributed by atoms with van der Waals surface area (Å²) in [4.78, 5) is 12.9. The van der Waals surface area contributed by atoms with Crippen LogP contribution in [0, 0.1) is 0 Å². The van der Waals surface area contributed by atoms with Crippen molar-refractivity contribution in [3.8, 4) is 0 Å². The van der Waals surface area contributed by atoms with Crippen molar-refractivity contribution in [3.05, 3.63) is 24.3 Å². The maximum absolute atomic E-state index is 12.9. The summed E-state index contributed by atoms with van der Waals surface area (Å²) in [5.74, 6) is -0.187. The zero-order chi connectivity index (χ0) is 38.8. The predicted molar refractivity (Wildman–Crippen MR) is 217 cm³/mol. The van der Waals surface area contributed by atoms with Crippen molar-refractivity contribution in [1.82, 2.24) is 5.32 Å². The maximum atomic E-state index is 12.9. The fraction of sp³-hybridized carbons (Fsp3) is 0.886. The SMILES string of the molecule is CCCCCCCCCCCCCC/C=C/CC/C=C/C(O)C(COC1OC(CO)C(O)C(O)C1O)NC(=O)CCCCCCCCCCCCCC. The molecule has 0 saturated carbocycles. The second-order valence-electron chi connectivity index (χ2n) is 15.5. The van der Waals surface area contributed by atoms with Gasteiger partial charge in [0.2, 0.25) is 5.91 Å². The van der Waals surface area contributed by atoms with Crippen LogP contribution in [0.4, 0.5) is 0 Å². The van der Waals surface area contributed by atoms with E-state index in [0.29, 0.717) is 6.42 Å². The van der Waals surface area contributed by atoms with Crippen molar-refractivity contribution in [2.24, 2.45) is 0 Å². The molecule has 9 heteroatoms.